The van der Waals surface area contributed by atoms with Crippen LogP contribution in [0.1, 0.15) is 93.0 Å². The zero-order chi connectivity index (χ0) is 25.8. The number of carbonyl (C=O) groups is 2. The summed E-state index contributed by atoms with van der Waals surface area (Å²) < 4.78 is 0. The van der Waals surface area contributed by atoms with Crippen molar-refractivity contribution in [3.63, 3.8) is 0 Å². The van der Waals surface area contributed by atoms with E-state index in [1.165, 1.54) is 51.4 Å². The second-order valence-electron chi connectivity index (χ2n) is 9.26. The van der Waals surface area contributed by atoms with E-state index in [0.29, 0.717) is 32.6 Å². The Bertz CT molecular complexity index is 858. The van der Waals surface area contributed by atoms with Crippen molar-refractivity contribution in [2.75, 3.05) is 19.6 Å². The summed E-state index contributed by atoms with van der Waals surface area (Å²) in [5, 5.41) is 9.01. The van der Waals surface area contributed by atoms with Gasteiger partial charge in [0, 0.05) is 44.5 Å². The molecule has 2 aromatic heterocycles. The minimum atomic E-state index is -0.720. The van der Waals surface area contributed by atoms with E-state index in [1.807, 2.05) is 6.07 Å². The third kappa shape index (κ3) is 12.3. The summed E-state index contributed by atoms with van der Waals surface area (Å²) in [6.45, 7) is 4.57. The molecule has 0 spiro atoms. The SMILES string of the molecule is CCCCCCCCCCCCNC(=O)[C@H](Cc1cnc[nH]1)NC(=O)c1cccc(CNCCN)n1. The maximum Gasteiger partial charge on any atom is 0.270 e. The number of nitrogens with one attached hydrogen (secondary N) is 4. The van der Waals surface area contributed by atoms with Gasteiger partial charge in [-0.25, -0.2) is 9.97 Å². The van der Waals surface area contributed by atoms with E-state index in [1.54, 1.807) is 24.7 Å². The Morgan fingerprint density at radius 1 is 1.00 bits per heavy atom. The van der Waals surface area contributed by atoms with E-state index in [2.05, 4.69) is 37.8 Å². The fourth-order valence-electron chi connectivity index (χ4n) is 4.03. The largest absolute Gasteiger partial charge is 0.354 e. The van der Waals surface area contributed by atoms with Crippen molar-refractivity contribution >= 4 is 11.8 Å². The summed E-state index contributed by atoms with van der Waals surface area (Å²) in [5.41, 5.74) is 7.31. The van der Waals surface area contributed by atoms with Crippen LogP contribution in [0.5, 0.6) is 0 Å². The lowest BCUT2D eigenvalue weighted by atomic mass is 10.1. The van der Waals surface area contributed by atoms with Crippen LogP contribution in [0.3, 0.4) is 0 Å². The average molecular weight is 500 g/mol. The lowest BCUT2D eigenvalue weighted by Crippen LogP contribution is -2.48. The highest BCUT2D eigenvalue weighted by Gasteiger charge is 2.23. The summed E-state index contributed by atoms with van der Waals surface area (Å²) in [5.74, 6) is -0.580. The van der Waals surface area contributed by atoms with Gasteiger partial charge in [-0.15, -0.1) is 0 Å². The molecule has 36 heavy (non-hydrogen) atoms. The smallest absolute Gasteiger partial charge is 0.270 e. The fourth-order valence-corrected chi connectivity index (χ4v) is 4.03. The molecule has 0 aliphatic rings. The Morgan fingerprint density at radius 2 is 1.72 bits per heavy atom. The predicted octanol–water partition coefficient (Wildman–Crippen LogP) is 3.23. The standard InChI is InChI=1S/C27H45N7O2/c1-2-3-4-5-6-7-8-9-10-11-16-31-26(35)25(18-23-20-30-21-32-23)34-27(36)24-14-12-13-22(33-24)19-29-17-15-28/h12-14,20-21,25,29H,2-11,15-19,28H2,1H3,(H,30,32)(H,31,35)(H,34,36)/t25-/m0/s1. The average Bonchev–Trinajstić information content (AvgIpc) is 3.40. The van der Waals surface area contributed by atoms with Gasteiger partial charge in [-0.3, -0.25) is 9.59 Å². The molecule has 6 N–H and O–H groups in total. The van der Waals surface area contributed by atoms with Crippen LogP contribution in [0.15, 0.2) is 30.7 Å². The zero-order valence-electron chi connectivity index (χ0n) is 21.9. The van der Waals surface area contributed by atoms with Crippen molar-refractivity contribution < 1.29 is 9.59 Å². The van der Waals surface area contributed by atoms with Crippen LogP contribution in [0.25, 0.3) is 0 Å². The van der Waals surface area contributed by atoms with Gasteiger partial charge in [0.05, 0.1) is 12.0 Å². The molecule has 2 rings (SSSR count). The van der Waals surface area contributed by atoms with Crippen molar-refractivity contribution in [1.82, 2.24) is 30.9 Å². The third-order valence-corrected chi connectivity index (χ3v) is 6.10. The Labute approximate surface area is 215 Å². The summed E-state index contributed by atoms with van der Waals surface area (Å²) in [6.07, 6.45) is 16.0. The molecule has 0 aliphatic carbocycles. The molecule has 2 amide bonds. The maximum atomic E-state index is 12.9. The molecule has 9 heteroatoms. The zero-order valence-corrected chi connectivity index (χ0v) is 21.9. The summed E-state index contributed by atoms with van der Waals surface area (Å²) in [4.78, 5) is 37.3. The number of H-pyrrole nitrogens is 1. The minimum absolute atomic E-state index is 0.199. The summed E-state index contributed by atoms with van der Waals surface area (Å²) >= 11 is 0. The van der Waals surface area contributed by atoms with Crippen LogP contribution in [0, 0.1) is 0 Å². The van der Waals surface area contributed by atoms with Crippen molar-refractivity contribution in [2.24, 2.45) is 5.73 Å². The van der Waals surface area contributed by atoms with E-state index < -0.39 is 6.04 Å². The molecule has 200 valence electrons. The number of hydrogen-bond acceptors (Lipinski definition) is 6. The number of unbranched alkanes of at least 4 members (excludes halogenated alkanes) is 9. The molecule has 0 saturated carbocycles. The van der Waals surface area contributed by atoms with Crippen LogP contribution < -0.4 is 21.7 Å². The highest BCUT2D eigenvalue weighted by molar-refractivity contribution is 5.96. The van der Waals surface area contributed by atoms with Crippen molar-refractivity contribution in [1.29, 1.82) is 0 Å². The Balaban J connectivity index is 1.78. The highest BCUT2D eigenvalue weighted by Crippen LogP contribution is 2.10. The summed E-state index contributed by atoms with van der Waals surface area (Å²) in [6, 6.07) is 4.57. The Kier molecular flexibility index (Phi) is 15.1. The normalized spacial score (nSPS) is 11.8. The van der Waals surface area contributed by atoms with E-state index in [4.69, 9.17) is 5.73 Å². The van der Waals surface area contributed by atoms with Gasteiger partial charge >= 0.3 is 0 Å². The quantitative estimate of drug-likeness (QED) is 0.177. The first-order chi connectivity index (χ1) is 17.6. The van der Waals surface area contributed by atoms with Gasteiger partial charge in [0.1, 0.15) is 11.7 Å². The molecule has 1 atom stereocenters. The first kappa shape index (κ1) is 29.5. The molecule has 0 radical (unpaired) electrons. The Morgan fingerprint density at radius 3 is 2.39 bits per heavy atom. The van der Waals surface area contributed by atoms with E-state index in [9.17, 15) is 9.59 Å². The second-order valence-corrected chi connectivity index (χ2v) is 9.26. The molecule has 2 aromatic rings. The number of nitrogens with zero attached hydrogens (tertiary/aromatic N) is 2. The molecular formula is C27H45N7O2. The predicted molar refractivity (Wildman–Crippen MR) is 143 cm³/mol. The van der Waals surface area contributed by atoms with Gasteiger partial charge < -0.3 is 26.7 Å². The van der Waals surface area contributed by atoms with Crippen LogP contribution >= 0.6 is 0 Å². The van der Waals surface area contributed by atoms with Gasteiger partial charge in [-0.05, 0) is 18.6 Å². The second kappa shape index (κ2) is 18.5. The number of hydrogen-bond donors (Lipinski definition) is 5. The number of imidazole rings is 1. The molecule has 9 nitrogen and oxygen atoms in total. The number of carbonyl (C=O) groups excluding carboxylic acids is 2. The number of amides is 2. The summed E-state index contributed by atoms with van der Waals surface area (Å²) in [7, 11) is 0. The van der Waals surface area contributed by atoms with Crippen molar-refractivity contribution in [2.45, 2.75) is 90.1 Å². The van der Waals surface area contributed by atoms with Gasteiger partial charge in [0.15, 0.2) is 0 Å². The van der Waals surface area contributed by atoms with Crippen LogP contribution in [-0.2, 0) is 17.8 Å². The first-order valence-electron chi connectivity index (χ1n) is 13.6. The number of pyridine rings is 1. The molecule has 2 heterocycles. The molecule has 0 fully saturated rings. The molecule has 0 aromatic carbocycles. The molecule has 0 aliphatic heterocycles. The van der Waals surface area contributed by atoms with Gasteiger partial charge in [0.25, 0.3) is 5.91 Å². The van der Waals surface area contributed by atoms with Crippen LogP contribution in [-0.4, -0.2) is 52.4 Å². The van der Waals surface area contributed by atoms with Crippen molar-refractivity contribution in [3.8, 4) is 0 Å². The molecular weight excluding hydrogens is 454 g/mol. The lowest BCUT2D eigenvalue weighted by Gasteiger charge is -2.18. The number of aromatic amines is 1. The highest BCUT2D eigenvalue weighted by atomic mass is 16.2. The molecule has 0 bridgehead atoms. The topological polar surface area (TPSA) is 138 Å². The van der Waals surface area contributed by atoms with E-state index in [0.717, 1.165) is 24.2 Å². The first-order valence-corrected chi connectivity index (χ1v) is 13.6. The Hall–Kier alpha value is -2.78. The number of rotatable bonds is 20. The minimum Gasteiger partial charge on any atom is -0.354 e. The van der Waals surface area contributed by atoms with Gasteiger partial charge in [-0.2, -0.15) is 0 Å². The van der Waals surface area contributed by atoms with Crippen molar-refractivity contribution in [3.05, 3.63) is 47.8 Å². The number of nitrogens with two attached hydrogens (primary N) is 1. The monoisotopic (exact) mass is 499 g/mol. The fraction of sp³-hybridized carbons (Fsp3) is 0.630. The van der Waals surface area contributed by atoms with E-state index in [-0.39, 0.29) is 17.5 Å². The molecule has 0 saturated heterocycles. The number of aromatic nitrogens is 3. The van der Waals surface area contributed by atoms with Crippen LogP contribution in [0.4, 0.5) is 0 Å². The van der Waals surface area contributed by atoms with Gasteiger partial charge in [-0.1, -0.05) is 70.8 Å². The maximum absolute atomic E-state index is 12.9. The molecule has 0 unspecified atom stereocenters. The third-order valence-electron chi connectivity index (χ3n) is 6.10. The lowest BCUT2D eigenvalue weighted by molar-refractivity contribution is -0.123. The van der Waals surface area contributed by atoms with Gasteiger partial charge in [0.2, 0.25) is 5.91 Å². The van der Waals surface area contributed by atoms with Crippen LogP contribution in [0.2, 0.25) is 0 Å². The van der Waals surface area contributed by atoms with E-state index >= 15 is 0 Å².